The Morgan fingerprint density at radius 1 is 1.21 bits per heavy atom. The van der Waals surface area contributed by atoms with Crippen molar-refractivity contribution in [2.75, 3.05) is 23.4 Å². The van der Waals surface area contributed by atoms with Crippen LogP contribution in [0.3, 0.4) is 0 Å². The largest absolute Gasteiger partial charge is 0.422 e. The summed E-state index contributed by atoms with van der Waals surface area (Å²) in [5.74, 6) is 0.112. The average molecular weight is 549 g/mol. The van der Waals surface area contributed by atoms with Crippen molar-refractivity contribution in [3.05, 3.63) is 35.0 Å². The van der Waals surface area contributed by atoms with E-state index < -0.39 is 6.61 Å². The third-order valence-corrected chi connectivity index (χ3v) is 8.04. The molecule has 38 heavy (non-hydrogen) atoms. The second-order valence-electron chi connectivity index (χ2n) is 9.50. The standard InChI is InChI=1S/C24H26F2N6O5S/c25-21(26)37-19-3-1-2-15(29-19)18-9-27-24(36-18)32-13-8-16-20(17(32)11-35-10-13)38-23(30-16)31-22(34)28-12-4-6-14(33)7-5-12/h1-3,9,12-14,17,21,33H,4-8,10-11H2,(H2,28,30,31,34)/t12-,13-,14-,17-/m0/s1. The second-order valence-corrected chi connectivity index (χ2v) is 10.5. The van der Waals surface area contributed by atoms with Crippen LogP contribution in [0.1, 0.15) is 42.3 Å². The Morgan fingerprint density at radius 3 is 2.87 bits per heavy atom. The van der Waals surface area contributed by atoms with Gasteiger partial charge < -0.3 is 29.2 Å². The van der Waals surface area contributed by atoms with Gasteiger partial charge in [-0.3, -0.25) is 5.32 Å². The number of carbonyl (C=O) groups is 1. The molecule has 2 amide bonds. The smallest absolute Gasteiger partial charge is 0.388 e. The minimum atomic E-state index is -2.98. The predicted octanol–water partition coefficient (Wildman–Crippen LogP) is 3.72. The number of thiazole rings is 1. The molecule has 2 fully saturated rings. The molecule has 202 valence electrons. The molecule has 14 heteroatoms. The van der Waals surface area contributed by atoms with E-state index >= 15 is 0 Å². The van der Waals surface area contributed by atoms with E-state index in [4.69, 9.17) is 9.15 Å². The van der Waals surface area contributed by atoms with Crippen molar-refractivity contribution in [1.29, 1.82) is 0 Å². The second kappa shape index (κ2) is 10.4. The monoisotopic (exact) mass is 548 g/mol. The number of aliphatic hydroxyl groups excluding tert-OH is 1. The zero-order chi connectivity index (χ0) is 26.2. The fourth-order valence-corrected chi connectivity index (χ4v) is 6.25. The van der Waals surface area contributed by atoms with Crippen LogP contribution in [0.2, 0.25) is 0 Å². The van der Waals surface area contributed by atoms with Gasteiger partial charge >= 0.3 is 12.6 Å². The summed E-state index contributed by atoms with van der Waals surface area (Å²) in [7, 11) is 0. The van der Waals surface area contributed by atoms with Crippen molar-refractivity contribution in [3.8, 4) is 17.3 Å². The number of pyridine rings is 1. The number of nitrogens with zero attached hydrogens (tertiary/aromatic N) is 4. The number of urea groups is 1. The first-order valence-corrected chi connectivity index (χ1v) is 13.2. The molecular formula is C24H26F2N6O5S. The summed E-state index contributed by atoms with van der Waals surface area (Å²) in [6.07, 6.45) is 4.66. The number of nitrogens with one attached hydrogen (secondary N) is 2. The lowest BCUT2D eigenvalue weighted by Crippen LogP contribution is -2.51. The maximum Gasteiger partial charge on any atom is 0.388 e. The Balaban J connectivity index is 1.18. The van der Waals surface area contributed by atoms with Crippen LogP contribution in [0, 0.1) is 0 Å². The van der Waals surface area contributed by atoms with Crippen LogP contribution < -0.4 is 20.3 Å². The summed E-state index contributed by atoms with van der Waals surface area (Å²) in [5, 5.41) is 16.0. The predicted molar refractivity (Wildman–Crippen MR) is 132 cm³/mol. The van der Waals surface area contributed by atoms with E-state index in [1.807, 2.05) is 4.90 Å². The molecule has 2 aliphatic heterocycles. The Morgan fingerprint density at radius 2 is 2.05 bits per heavy atom. The first-order valence-electron chi connectivity index (χ1n) is 12.4. The van der Waals surface area contributed by atoms with Crippen LogP contribution in [-0.4, -0.2) is 64.1 Å². The minimum Gasteiger partial charge on any atom is -0.422 e. The van der Waals surface area contributed by atoms with E-state index in [1.54, 1.807) is 12.1 Å². The van der Waals surface area contributed by atoms with Crippen LogP contribution in [0.25, 0.3) is 11.5 Å². The number of halogens is 2. The molecule has 3 aromatic heterocycles. The number of aromatic nitrogens is 3. The molecule has 2 atom stereocenters. The lowest BCUT2D eigenvalue weighted by Gasteiger charge is -2.43. The fourth-order valence-electron chi connectivity index (χ4n) is 5.18. The molecule has 0 aromatic carbocycles. The quantitative estimate of drug-likeness (QED) is 0.421. The van der Waals surface area contributed by atoms with E-state index in [-0.39, 0.29) is 36.1 Å². The molecule has 11 nitrogen and oxygen atoms in total. The average Bonchev–Trinajstić information content (AvgIpc) is 3.52. The lowest BCUT2D eigenvalue weighted by atomic mass is 9.93. The summed E-state index contributed by atoms with van der Waals surface area (Å²) >= 11 is 1.39. The first kappa shape index (κ1) is 24.9. The number of rotatable bonds is 6. The molecule has 2 bridgehead atoms. The summed E-state index contributed by atoms with van der Waals surface area (Å²) in [6.45, 7) is -2.12. The van der Waals surface area contributed by atoms with Gasteiger partial charge in [0.15, 0.2) is 10.9 Å². The van der Waals surface area contributed by atoms with E-state index in [9.17, 15) is 18.7 Å². The molecule has 1 saturated heterocycles. The molecule has 5 heterocycles. The number of carbonyl (C=O) groups excluding carboxylic acids is 1. The number of alkyl halides is 2. The van der Waals surface area contributed by atoms with Gasteiger partial charge in [-0.25, -0.2) is 19.7 Å². The van der Waals surface area contributed by atoms with Gasteiger partial charge in [0.2, 0.25) is 5.88 Å². The Kier molecular flexibility index (Phi) is 6.84. The highest BCUT2D eigenvalue weighted by Crippen LogP contribution is 2.43. The van der Waals surface area contributed by atoms with E-state index in [1.165, 1.54) is 23.6 Å². The van der Waals surface area contributed by atoms with Crippen LogP contribution >= 0.6 is 11.3 Å². The van der Waals surface area contributed by atoms with Gasteiger partial charge in [-0.15, -0.1) is 0 Å². The third-order valence-electron chi connectivity index (χ3n) is 6.93. The molecule has 1 saturated carbocycles. The lowest BCUT2D eigenvalue weighted by molar-refractivity contribution is -0.0527. The van der Waals surface area contributed by atoms with Crippen molar-refractivity contribution >= 4 is 28.5 Å². The van der Waals surface area contributed by atoms with Crippen LogP contribution in [0.15, 0.2) is 28.8 Å². The summed E-state index contributed by atoms with van der Waals surface area (Å²) in [6, 6.07) is 4.33. The van der Waals surface area contributed by atoms with Crippen molar-refractivity contribution in [1.82, 2.24) is 20.3 Å². The molecule has 6 rings (SSSR count). The Hall–Kier alpha value is -3.36. The van der Waals surface area contributed by atoms with Crippen molar-refractivity contribution in [2.24, 2.45) is 0 Å². The highest BCUT2D eigenvalue weighted by Gasteiger charge is 2.43. The number of ether oxygens (including phenoxy) is 2. The number of anilines is 2. The van der Waals surface area contributed by atoms with Gasteiger partial charge in [0.05, 0.1) is 48.2 Å². The van der Waals surface area contributed by atoms with Crippen LogP contribution in [-0.2, 0) is 11.2 Å². The molecule has 3 aromatic rings. The number of fused-ring (bicyclic) bond motifs is 4. The normalized spacial score (nSPS) is 24.7. The van der Waals surface area contributed by atoms with Gasteiger partial charge in [-0.05, 0) is 31.7 Å². The number of morpholine rings is 1. The number of hydrogen-bond donors (Lipinski definition) is 3. The van der Waals surface area contributed by atoms with E-state index in [2.05, 4.69) is 30.3 Å². The van der Waals surface area contributed by atoms with Gasteiger partial charge in [0, 0.05) is 18.5 Å². The number of oxazole rings is 1. The van der Waals surface area contributed by atoms with Crippen molar-refractivity contribution in [2.45, 2.75) is 62.9 Å². The highest BCUT2D eigenvalue weighted by atomic mass is 32.1. The molecule has 0 radical (unpaired) electrons. The number of hydrogen-bond acceptors (Lipinski definition) is 10. The van der Waals surface area contributed by atoms with Gasteiger partial charge in [-0.2, -0.15) is 8.78 Å². The summed E-state index contributed by atoms with van der Waals surface area (Å²) in [4.78, 5) is 28.8. The van der Waals surface area contributed by atoms with Gasteiger partial charge in [0.25, 0.3) is 6.01 Å². The molecule has 0 spiro atoms. The van der Waals surface area contributed by atoms with Gasteiger partial charge in [0.1, 0.15) is 5.69 Å². The maximum absolute atomic E-state index is 12.6. The van der Waals surface area contributed by atoms with Crippen molar-refractivity contribution in [3.63, 3.8) is 0 Å². The molecule has 3 aliphatic rings. The minimum absolute atomic E-state index is 0.0347. The summed E-state index contributed by atoms with van der Waals surface area (Å²) in [5.41, 5.74) is 1.23. The zero-order valence-corrected chi connectivity index (χ0v) is 21.0. The zero-order valence-electron chi connectivity index (χ0n) is 20.2. The number of aliphatic hydroxyl groups is 1. The Labute approximate surface area is 220 Å². The Bertz CT molecular complexity index is 1300. The van der Waals surface area contributed by atoms with Crippen LogP contribution in [0.4, 0.5) is 24.7 Å². The third kappa shape index (κ3) is 5.15. The number of amides is 2. The maximum atomic E-state index is 12.6. The topological polar surface area (TPSA) is 135 Å². The molecule has 3 N–H and O–H groups in total. The van der Waals surface area contributed by atoms with Gasteiger partial charge in [-0.1, -0.05) is 17.4 Å². The highest BCUT2D eigenvalue weighted by molar-refractivity contribution is 7.16. The molecule has 1 aliphatic carbocycles. The molecular weight excluding hydrogens is 522 g/mol. The fraction of sp³-hybridized carbons (Fsp3) is 0.500. The van der Waals surface area contributed by atoms with Crippen LogP contribution in [0.5, 0.6) is 5.88 Å². The van der Waals surface area contributed by atoms with E-state index in [0.717, 1.165) is 23.4 Å². The summed E-state index contributed by atoms with van der Waals surface area (Å²) < 4.78 is 41.4. The SMILES string of the molecule is O=C(Nc1nc2c(s1)[C@@H]1COC[C@H](C2)N1c1ncc(-c2cccc(OC(F)F)n2)o1)N[C@H]1CC[C@H](O)CC1. The molecule has 0 unspecified atom stereocenters. The van der Waals surface area contributed by atoms with E-state index in [0.29, 0.717) is 55.1 Å². The first-order chi connectivity index (χ1) is 18.4. The van der Waals surface area contributed by atoms with Crippen molar-refractivity contribution < 1.29 is 32.6 Å².